The van der Waals surface area contributed by atoms with Crippen molar-refractivity contribution in [2.75, 3.05) is 6.54 Å². The van der Waals surface area contributed by atoms with E-state index in [4.69, 9.17) is 28.2 Å². The highest BCUT2D eigenvalue weighted by Crippen LogP contribution is 2.37. The first-order chi connectivity index (χ1) is 8.65. The topological polar surface area (TPSA) is 24.9 Å². The van der Waals surface area contributed by atoms with Gasteiger partial charge in [-0.05, 0) is 25.1 Å². The van der Waals surface area contributed by atoms with Crippen LogP contribution < -0.4 is 5.32 Å². The maximum absolute atomic E-state index is 6.23. The number of aromatic nitrogens is 1. The normalized spacial score (nSPS) is 18.7. The molecule has 1 aliphatic rings. The predicted molar refractivity (Wildman–Crippen MR) is 77.7 cm³/mol. The maximum Gasteiger partial charge on any atom is 0.125 e. The Balaban J connectivity index is 2.07. The zero-order valence-electron chi connectivity index (χ0n) is 9.84. The number of fused-ring (bicyclic) bond motifs is 1. The van der Waals surface area contributed by atoms with Crippen molar-refractivity contribution in [3.63, 3.8) is 0 Å². The molecule has 2 heterocycles. The average Bonchev–Trinajstić information content (AvgIpc) is 2.74. The van der Waals surface area contributed by atoms with Crippen LogP contribution in [0.25, 0.3) is 10.6 Å². The molecule has 0 radical (unpaired) electrons. The molecule has 0 aliphatic carbocycles. The highest BCUT2D eigenvalue weighted by atomic mass is 35.5. The molecule has 18 heavy (non-hydrogen) atoms. The van der Waals surface area contributed by atoms with Crippen LogP contribution in [0.15, 0.2) is 18.2 Å². The second-order valence-corrected chi connectivity index (χ2v) is 6.25. The van der Waals surface area contributed by atoms with Gasteiger partial charge in [-0.25, -0.2) is 4.98 Å². The van der Waals surface area contributed by atoms with E-state index in [1.807, 2.05) is 12.1 Å². The van der Waals surface area contributed by atoms with Gasteiger partial charge in [-0.1, -0.05) is 23.2 Å². The molecule has 0 saturated carbocycles. The summed E-state index contributed by atoms with van der Waals surface area (Å²) in [6.07, 6.45) is 0.987. The van der Waals surface area contributed by atoms with Crippen LogP contribution in [0.3, 0.4) is 0 Å². The summed E-state index contributed by atoms with van der Waals surface area (Å²) >= 11 is 13.9. The number of thiazole rings is 1. The number of rotatable bonds is 1. The Morgan fingerprint density at radius 1 is 1.39 bits per heavy atom. The standard InChI is InChI=1S/C13H12Cl2N2S/c1-7-12-11(4-5-16-7)17-13(18-12)9-3-2-8(14)6-10(9)15/h2-3,6-7,16H,4-5H2,1H3. The minimum absolute atomic E-state index is 0.381. The minimum atomic E-state index is 0.381. The lowest BCUT2D eigenvalue weighted by Crippen LogP contribution is -2.26. The summed E-state index contributed by atoms with van der Waals surface area (Å²) in [5.74, 6) is 0. The molecule has 0 saturated heterocycles. The molecule has 0 fully saturated rings. The van der Waals surface area contributed by atoms with Crippen molar-refractivity contribution >= 4 is 34.5 Å². The summed E-state index contributed by atoms with van der Waals surface area (Å²) in [5.41, 5.74) is 2.17. The monoisotopic (exact) mass is 298 g/mol. The lowest BCUT2D eigenvalue weighted by Gasteiger charge is -2.18. The van der Waals surface area contributed by atoms with Crippen molar-refractivity contribution in [2.24, 2.45) is 0 Å². The van der Waals surface area contributed by atoms with Crippen LogP contribution >= 0.6 is 34.5 Å². The van der Waals surface area contributed by atoms with Crippen LogP contribution in [0, 0.1) is 0 Å². The third-order valence-electron chi connectivity index (χ3n) is 3.09. The van der Waals surface area contributed by atoms with Gasteiger partial charge in [0.15, 0.2) is 0 Å². The third kappa shape index (κ3) is 2.16. The van der Waals surface area contributed by atoms with E-state index in [1.165, 1.54) is 10.6 Å². The molecule has 1 unspecified atom stereocenters. The molecule has 0 spiro atoms. The Morgan fingerprint density at radius 2 is 2.22 bits per heavy atom. The molecule has 1 aromatic carbocycles. The SMILES string of the molecule is CC1NCCc2nc(-c3ccc(Cl)cc3Cl)sc21. The Hall–Kier alpha value is -0.610. The van der Waals surface area contributed by atoms with Gasteiger partial charge in [0.05, 0.1) is 10.7 Å². The number of hydrogen-bond acceptors (Lipinski definition) is 3. The summed E-state index contributed by atoms with van der Waals surface area (Å²) < 4.78 is 0. The third-order valence-corrected chi connectivity index (χ3v) is 4.96. The number of nitrogens with zero attached hydrogens (tertiary/aromatic N) is 1. The predicted octanol–water partition coefficient (Wildman–Crippen LogP) is 4.32. The molecule has 1 N–H and O–H groups in total. The summed E-state index contributed by atoms with van der Waals surface area (Å²) in [4.78, 5) is 6.03. The zero-order valence-corrected chi connectivity index (χ0v) is 12.2. The van der Waals surface area contributed by atoms with Crippen molar-refractivity contribution in [1.29, 1.82) is 0 Å². The van der Waals surface area contributed by atoms with Gasteiger partial charge in [0, 0.05) is 34.5 Å². The van der Waals surface area contributed by atoms with E-state index in [9.17, 15) is 0 Å². The lowest BCUT2D eigenvalue weighted by molar-refractivity contribution is 0.545. The van der Waals surface area contributed by atoms with Gasteiger partial charge in [0.2, 0.25) is 0 Å². The molecular weight excluding hydrogens is 287 g/mol. The molecule has 94 valence electrons. The number of nitrogens with one attached hydrogen (secondary N) is 1. The quantitative estimate of drug-likeness (QED) is 0.848. The molecule has 0 bridgehead atoms. The summed E-state index contributed by atoms with van der Waals surface area (Å²) in [7, 11) is 0. The maximum atomic E-state index is 6.23. The van der Waals surface area contributed by atoms with Crippen molar-refractivity contribution in [2.45, 2.75) is 19.4 Å². The Labute approximate surface area is 120 Å². The first-order valence-electron chi connectivity index (χ1n) is 5.83. The van der Waals surface area contributed by atoms with Crippen molar-refractivity contribution < 1.29 is 0 Å². The molecule has 3 rings (SSSR count). The Morgan fingerprint density at radius 3 is 2.94 bits per heavy atom. The van der Waals surface area contributed by atoms with Gasteiger partial charge in [-0.3, -0.25) is 0 Å². The van der Waals surface area contributed by atoms with Gasteiger partial charge in [0.1, 0.15) is 5.01 Å². The molecule has 0 amide bonds. The molecule has 2 aromatic rings. The second-order valence-electron chi connectivity index (χ2n) is 4.38. The van der Waals surface area contributed by atoms with Crippen LogP contribution in [0.1, 0.15) is 23.5 Å². The Bertz CT molecular complexity index is 595. The fourth-order valence-corrected chi connectivity index (χ4v) is 3.89. The molecule has 2 nitrogen and oxygen atoms in total. The first kappa shape index (κ1) is 12.4. The van der Waals surface area contributed by atoms with Gasteiger partial charge in [0.25, 0.3) is 0 Å². The van der Waals surface area contributed by atoms with Crippen LogP contribution in [-0.4, -0.2) is 11.5 Å². The van der Waals surface area contributed by atoms with Crippen LogP contribution in [0.5, 0.6) is 0 Å². The highest BCUT2D eigenvalue weighted by Gasteiger charge is 2.21. The highest BCUT2D eigenvalue weighted by molar-refractivity contribution is 7.15. The largest absolute Gasteiger partial charge is 0.309 e. The van der Waals surface area contributed by atoms with E-state index in [-0.39, 0.29) is 0 Å². The van der Waals surface area contributed by atoms with Gasteiger partial charge >= 0.3 is 0 Å². The zero-order chi connectivity index (χ0) is 12.7. The Kier molecular flexibility index (Phi) is 3.32. The molecule has 1 aromatic heterocycles. The van der Waals surface area contributed by atoms with E-state index >= 15 is 0 Å². The minimum Gasteiger partial charge on any atom is -0.309 e. The lowest BCUT2D eigenvalue weighted by atomic mass is 10.1. The molecule has 1 aliphatic heterocycles. The molecule has 5 heteroatoms. The van der Waals surface area contributed by atoms with Crippen molar-refractivity contribution in [1.82, 2.24) is 10.3 Å². The fraction of sp³-hybridized carbons (Fsp3) is 0.308. The summed E-state index contributed by atoms with van der Waals surface area (Å²) in [6.45, 7) is 3.16. The van der Waals surface area contributed by atoms with Crippen LogP contribution in [0.2, 0.25) is 10.0 Å². The van der Waals surface area contributed by atoms with Gasteiger partial charge < -0.3 is 5.32 Å². The van der Waals surface area contributed by atoms with E-state index in [2.05, 4.69) is 12.2 Å². The smallest absolute Gasteiger partial charge is 0.125 e. The van der Waals surface area contributed by atoms with E-state index in [0.717, 1.165) is 23.5 Å². The summed E-state index contributed by atoms with van der Waals surface area (Å²) in [5, 5.41) is 5.74. The van der Waals surface area contributed by atoms with E-state index in [0.29, 0.717) is 16.1 Å². The first-order valence-corrected chi connectivity index (χ1v) is 7.41. The van der Waals surface area contributed by atoms with Gasteiger partial charge in [-0.2, -0.15) is 0 Å². The van der Waals surface area contributed by atoms with E-state index < -0.39 is 0 Å². The number of hydrogen-bond donors (Lipinski definition) is 1. The molecule has 1 atom stereocenters. The summed E-state index contributed by atoms with van der Waals surface area (Å²) in [6, 6.07) is 5.93. The van der Waals surface area contributed by atoms with Crippen molar-refractivity contribution in [3.05, 3.63) is 38.8 Å². The van der Waals surface area contributed by atoms with Crippen LogP contribution in [-0.2, 0) is 6.42 Å². The average molecular weight is 299 g/mol. The van der Waals surface area contributed by atoms with Gasteiger partial charge in [-0.15, -0.1) is 11.3 Å². The number of halogens is 2. The van der Waals surface area contributed by atoms with E-state index in [1.54, 1.807) is 17.4 Å². The molecular formula is C13H12Cl2N2S. The number of benzene rings is 1. The fourth-order valence-electron chi connectivity index (χ4n) is 2.16. The second kappa shape index (κ2) is 4.82. The van der Waals surface area contributed by atoms with Crippen molar-refractivity contribution in [3.8, 4) is 10.6 Å². The van der Waals surface area contributed by atoms with Crippen LogP contribution in [0.4, 0.5) is 0 Å².